The topological polar surface area (TPSA) is 147 Å². The Morgan fingerprint density at radius 2 is 1.60 bits per heavy atom. The SMILES string of the molecule is CCOc1cc(-c2cccc(C(=O)NCNC(=O)[C@H](CCc3ccccc3)[C@@H](CC)N(C=O)OCc3ccccc3)n2)ccc1C(=O)O. The van der Waals surface area contributed by atoms with E-state index < -0.39 is 23.8 Å². The smallest absolute Gasteiger partial charge is 0.339 e. The number of aryl methyl sites for hydroxylation is 1. The molecule has 0 aliphatic carbocycles. The lowest BCUT2D eigenvalue weighted by molar-refractivity contribution is -0.200. The van der Waals surface area contributed by atoms with Crippen molar-refractivity contribution in [2.24, 2.45) is 5.92 Å². The first-order valence-electron chi connectivity index (χ1n) is 15.8. The monoisotopic (exact) mass is 652 g/mol. The summed E-state index contributed by atoms with van der Waals surface area (Å²) < 4.78 is 5.50. The summed E-state index contributed by atoms with van der Waals surface area (Å²) in [5.74, 6) is -2.40. The van der Waals surface area contributed by atoms with Gasteiger partial charge in [-0.15, -0.1) is 0 Å². The number of carboxylic acids is 1. The molecule has 2 atom stereocenters. The van der Waals surface area contributed by atoms with E-state index in [1.54, 1.807) is 31.2 Å². The molecule has 0 aliphatic rings. The molecule has 0 saturated heterocycles. The highest BCUT2D eigenvalue weighted by molar-refractivity contribution is 5.94. The van der Waals surface area contributed by atoms with Crippen molar-refractivity contribution in [2.45, 2.75) is 45.8 Å². The molecule has 0 fully saturated rings. The van der Waals surface area contributed by atoms with Crippen LogP contribution in [0.3, 0.4) is 0 Å². The molecular weight excluding hydrogens is 612 g/mol. The minimum absolute atomic E-state index is 0.0247. The van der Waals surface area contributed by atoms with Crippen molar-refractivity contribution in [1.82, 2.24) is 20.7 Å². The minimum Gasteiger partial charge on any atom is -0.493 e. The van der Waals surface area contributed by atoms with Gasteiger partial charge in [0.05, 0.1) is 30.9 Å². The van der Waals surface area contributed by atoms with Gasteiger partial charge in [-0.3, -0.25) is 19.2 Å². The number of hydrogen-bond donors (Lipinski definition) is 3. The third-order valence-electron chi connectivity index (χ3n) is 7.76. The Balaban J connectivity index is 1.44. The van der Waals surface area contributed by atoms with Gasteiger partial charge in [0, 0.05) is 5.56 Å². The number of hydrogen-bond acceptors (Lipinski definition) is 7. The van der Waals surface area contributed by atoms with Crippen LogP contribution in [-0.4, -0.2) is 58.7 Å². The maximum Gasteiger partial charge on any atom is 0.339 e. The maximum absolute atomic E-state index is 13.6. The Morgan fingerprint density at radius 1 is 0.896 bits per heavy atom. The van der Waals surface area contributed by atoms with Gasteiger partial charge in [-0.1, -0.05) is 79.7 Å². The standard InChI is InChI=1S/C37H40N4O7/c1-3-33(41(25-42)48-23-27-14-9-6-10-15-27)29(20-18-26-12-7-5-8-13-26)35(43)38-24-39-36(44)32-17-11-16-31(40-32)28-19-21-30(37(45)46)34(22-28)47-4-2/h5-17,19,21-22,25,29,33H,3-4,18,20,23-24H2,1-2H3,(H,38,43)(H,39,44)(H,45,46)/t29-,33-/m1/s1. The van der Waals surface area contributed by atoms with Crippen LogP contribution in [0.25, 0.3) is 11.3 Å². The number of pyridine rings is 1. The number of aromatic nitrogens is 1. The fourth-order valence-corrected chi connectivity index (χ4v) is 5.32. The van der Waals surface area contributed by atoms with Crippen LogP contribution in [0, 0.1) is 5.92 Å². The number of carbonyl (C=O) groups excluding carboxylic acids is 3. The number of ether oxygens (including phenoxy) is 1. The van der Waals surface area contributed by atoms with Crippen molar-refractivity contribution in [3.8, 4) is 17.0 Å². The Kier molecular flexibility index (Phi) is 13.2. The Labute approximate surface area is 279 Å². The van der Waals surface area contributed by atoms with E-state index in [0.29, 0.717) is 36.9 Å². The largest absolute Gasteiger partial charge is 0.493 e. The molecule has 3 aromatic carbocycles. The summed E-state index contributed by atoms with van der Waals surface area (Å²) in [6, 6.07) is 28.2. The van der Waals surface area contributed by atoms with E-state index in [0.717, 1.165) is 11.1 Å². The Hall–Kier alpha value is -5.55. The van der Waals surface area contributed by atoms with E-state index in [1.165, 1.54) is 17.2 Å². The molecule has 11 nitrogen and oxygen atoms in total. The number of rotatable bonds is 18. The average Bonchev–Trinajstić information content (AvgIpc) is 3.11. The summed E-state index contributed by atoms with van der Waals surface area (Å²) in [6.45, 7) is 3.93. The first-order chi connectivity index (χ1) is 23.3. The molecule has 0 aliphatic heterocycles. The number of carbonyl (C=O) groups is 4. The molecule has 0 unspecified atom stereocenters. The first-order valence-corrected chi connectivity index (χ1v) is 15.8. The number of nitrogens with one attached hydrogen (secondary N) is 2. The number of benzene rings is 3. The van der Waals surface area contributed by atoms with Crippen molar-refractivity contribution in [3.05, 3.63) is 119 Å². The molecule has 3 N–H and O–H groups in total. The summed E-state index contributed by atoms with van der Waals surface area (Å²) in [5, 5.41) is 16.2. The summed E-state index contributed by atoms with van der Waals surface area (Å²) in [4.78, 5) is 60.8. The van der Waals surface area contributed by atoms with Crippen LogP contribution in [0.5, 0.6) is 5.75 Å². The minimum atomic E-state index is -1.11. The van der Waals surface area contributed by atoms with Crippen molar-refractivity contribution in [1.29, 1.82) is 0 Å². The van der Waals surface area contributed by atoms with Gasteiger partial charge < -0.3 is 20.5 Å². The highest BCUT2D eigenvalue weighted by Gasteiger charge is 2.32. The third kappa shape index (κ3) is 9.73. The van der Waals surface area contributed by atoms with Gasteiger partial charge >= 0.3 is 5.97 Å². The van der Waals surface area contributed by atoms with Crippen LogP contribution in [-0.2, 0) is 27.5 Å². The number of hydroxylamine groups is 2. The highest BCUT2D eigenvalue weighted by Crippen LogP contribution is 2.27. The van der Waals surface area contributed by atoms with Crippen molar-refractivity contribution < 1.29 is 33.9 Å². The van der Waals surface area contributed by atoms with Crippen LogP contribution < -0.4 is 15.4 Å². The second-order valence-corrected chi connectivity index (χ2v) is 10.9. The van der Waals surface area contributed by atoms with Gasteiger partial charge in [-0.05, 0) is 61.6 Å². The zero-order valence-corrected chi connectivity index (χ0v) is 27.0. The number of nitrogens with zero attached hydrogens (tertiary/aromatic N) is 2. The predicted octanol–water partition coefficient (Wildman–Crippen LogP) is 5.27. The van der Waals surface area contributed by atoms with E-state index in [1.807, 2.05) is 67.6 Å². The Morgan fingerprint density at radius 3 is 2.25 bits per heavy atom. The normalized spacial score (nSPS) is 12.0. The van der Waals surface area contributed by atoms with Gasteiger partial charge in [-0.25, -0.2) is 14.8 Å². The van der Waals surface area contributed by atoms with Crippen molar-refractivity contribution in [3.63, 3.8) is 0 Å². The summed E-state index contributed by atoms with van der Waals surface area (Å²) in [6.07, 6.45) is 2.10. The predicted molar refractivity (Wildman–Crippen MR) is 180 cm³/mol. The molecule has 3 amide bonds. The molecule has 1 aromatic heterocycles. The highest BCUT2D eigenvalue weighted by atomic mass is 16.7. The molecule has 0 radical (unpaired) electrons. The van der Waals surface area contributed by atoms with Gasteiger partial charge in [-0.2, -0.15) is 0 Å². The van der Waals surface area contributed by atoms with Gasteiger partial charge in [0.1, 0.15) is 23.6 Å². The maximum atomic E-state index is 13.6. The van der Waals surface area contributed by atoms with Crippen LogP contribution >= 0.6 is 0 Å². The fourth-order valence-electron chi connectivity index (χ4n) is 5.32. The van der Waals surface area contributed by atoms with Gasteiger partial charge in [0.25, 0.3) is 5.91 Å². The van der Waals surface area contributed by atoms with E-state index in [9.17, 15) is 24.3 Å². The lowest BCUT2D eigenvalue weighted by Crippen LogP contribution is -2.48. The van der Waals surface area contributed by atoms with Crippen molar-refractivity contribution >= 4 is 24.2 Å². The first kappa shape index (κ1) is 35.3. The van der Waals surface area contributed by atoms with Crippen LogP contribution in [0.1, 0.15) is 58.7 Å². The molecule has 4 aromatic rings. The lowest BCUT2D eigenvalue weighted by Gasteiger charge is -2.32. The zero-order chi connectivity index (χ0) is 34.3. The average molecular weight is 653 g/mol. The number of aromatic carboxylic acids is 1. The molecule has 250 valence electrons. The molecule has 0 saturated carbocycles. The molecule has 11 heteroatoms. The van der Waals surface area contributed by atoms with Crippen LogP contribution in [0.4, 0.5) is 0 Å². The zero-order valence-electron chi connectivity index (χ0n) is 27.0. The molecule has 4 rings (SSSR count). The van der Waals surface area contributed by atoms with E-state index in [2.05, 4.69) is 15.6 Å². The molecule has 48 heavy (non-hydrogen) atoms. The molecule has 0 spiro atoms. The number of carboxylic acid groups (broad SMARTS) is 1. The lowest BCUT2D eigenvalue weighted by atomic mass is 9.90. The summed E-state index contributed by atoms with van der Waals surface area (Å²) in [5.41, 5.74) is 3.09. The fraction of sp³-hybridized carbons (Fsp3) is 0.270. The molecule has 1 heterocycles. The summed E-state index contributed by atoms with van der Waals surface area (Å²) >= 11 is 0. The van der Waals surface area contributed by atoms with E-state index in [4.69, 9.17) is 9.57 Å². The van der Waals surface area contributed by atoms with Crippen LogP contribution in [0.2, 0.25) is 0 Å². The van der Waals surface area contributed by atoms with Crippen LogP contribution in [0.15, 0.2) is 97.1 Å². The quantitative estimate of drug-likeness (QED) is 0.0749. The summed E-state index contributed by atoms with van der Waals surface area (Å²) in [7, 11) is 0. The Bertz CT molecular complexity index is 1670. The van der Waals surface area contributed by atoms with Gasteiger partial charge in [0.15, 0.2) is 0 Å². The van der Waals surface area contributed by atoms with E-state index in [-0.39, 0.29) is 42.8 Å². The molecule has 0 bridgehead atoms. The second kappa shape index (κ2) is 18.0. The number of amides is 3. The van der Waals surface area contributed by atoms with Crippen molar-refractivity contribution in [2.75, 3.05) is 13.3 Å². The van der Waals surface area contributed by atoms with E-state index >= 15 is 0 Å². The second-order valence-electron chi connectivity index (χ2n) is 10.9. The third-order valence-corrected chi connectivity index (χ3v) is 7.76. The molecular formula is C37H40N4O7. The van der Waals surface area contributed by atoms with Gasteiger partial charge in [0.2, 0.25) is 12.3 Å².